The molecule has 0 saturated carbocycles. The number of carbonyl (C=O) groups is 1. The molecule has 3 heteroatoms. The quantitative estimate of drug-likeness (QED) is 0.495. The molecule has 0 amide bonds. The fourth-order valence-corrected chi connectivity index (χ4v) is 3.43. The van der Waals surface area contributed by atoms with E-state index in [2.05, 4.69) is 16.3 Å². The number of rotatable bonds is 5. The third-order valence-corrected chi connectivity index (χ3v) is 4.56. The minimum Gasteiger partial charge on any atom is -0.301 e. The lowest BCUT2D eigenvalue weighted by atomic mass is 10.0. The molecule has 0 spiro atoms. The lowest BCUT2D eigenvalue weighted by Crippen LogP contribution is -2.40. The molecule has 0 aromatic carbocycles. The minimum absolute atomic E-state index is 0.157. The van der Waals surface area contributed by atoms with Gasteiger partial charge < -0.3 is 4.79 Å². The number of aldehydes is 1. The van der Waals surface area contributed by atoms with Crippen LogP contribution in [0.4, 0.5) is 0 Å². The fourth-order valence-electron chi connectivity index (χ4n) is 2.54. The molecule has 0 saturated heterocycles. The van der Waals surface area contributed by atoms with Gasteiger partial charge in [0.05, 0.1) is 6.04 Å². The Balaban J connectivity index is 0.00000123. The molecule has 0 aliphatic carbocycles. The van der Waals surface area contributed by atoms with E-state index in [0.29, 0.717) is 0 Å². The predicted molar refractivity (Wildman–Crippen MR) is 109 cm³/mol. The first-order valence-electron chi connectivity index (χ1n) is 9.00. The van der Waals surface area contributed by atoms with E-state index >= 15 is 0 Å². The first-order chi connectivity index (χ1) is 11.8. The van der Waals surface area contributed by atoms with Gasteiger partial charge in [0, 0.05) is 18.0 Å². The molecule has 2 heterocycles. The normalized spacial score (nSPS) is 16.0. The van der Waals surface area contributed by atoms with Gasteiger partial charge in [-0.15, -0.1) is 11.3 Å². The standard InChI is InChI=1S/C17H21NOS.2C2H6/c1-3-5-7-14(6-4-2)16(13-19)18-10-8-17-15(12-18)9-11-20-17;2*1-2/h3-7,9,11,13,16H,8,10,12H2,1-2H3;2*1-2H3/b5-3-,6-4-,14-7+;;/t16-;;/m0../s1. The van der Waals surface area contributed by atoms with Crippen LogP contribution in [0.3, 0.4) is 0 Å². The van der Waals surface area contributed by atoms with E-state index in [1.807, 2.05) is 83.3 Å². The van der Waals surface area contributed by atoms with E-state index in [0.717, 1.165) is 31.4 Å². The molecule has 1 aromatic heterocycles. The van der Waals surface area contributed by atoms with Gasteiger partial charge in [-0.1, -0.05) is 58.1 Å². The zero-order valence-corrected chi connectivity index (χ0v) is 16.9. The molecule has 134 valence electrons. The molecule has 2 rings (SSSR count). The topological polar surface area (TPSA) is 20.3 Å². The maximum atomic E-state index is 11.6. The summed E-state index contributed by atoms with van der Waals surface area (Å²) in [5.41, 5.74) is 2.43. The number of hydrogen-bond donors (Lipinski definition) is 0. The summed E-state index contributed by atoms with van der Waals surface area (Å²) >= 11 is 1.82. The zero-order valence-electron chi connectivity index (χ0n) is 16.1. The van der Waals surface area contributed by atoms with Crippen molar-refractivity contribution in [3.05, 3.63) is 57.8 Å². The van der Waals surface area contributed by atoms with Crippen LogP contribution in [-0.2, 0) is 17.8 Å². The summed E-state index contributed by atoms with van der Waals surface area (Å²) in [6.45, 7) is 13.8. The van der Waals surface area contributed by atoms with Crippen molar-refractivity contribution in [2.24, 2.45) is 0 Å². The SMILES string of the molecule is CC.CC.C\C=C/C=C(\C=C/C)[C@H](C=O)N1CCc2sccc2C1. The Morgan fingerprint density at radius 3 is 2.50 bits per heavy atom. The van der Waals surface area contributed by atoms with Gasteiger partial charge in [-0.3, -0.25) is 4.90 Å². The van der Waals surface area contributed by atoms with Crippen LogP contribution >= 0.6 is 11.3 Å². The monoisotopic (exact) mass is 347 g/mol. The van der Waals surface area contributed by atoms with E-state index in [9.17, 15) is 4.79 Å². The highest BCUT2D eigenvalue weighted by Gasteiger charge is 2.25. The Morgan fingerprint density at radius 1 is 1.21 bits per heavy atom. The van der Waals surface area contributed by atoms with E-state index < -0.39 is 0 Å². The average Bonchev–Trinajstić information content (AvgIpc) is 3.11. The Bertz CT molecular complexity index is 540. The number of nitrogens with zero attached hydrogens (tertiary/aromatic N) is 1. The molecule has 0 radical (unpaired) electrons. The molecular weight excluding hydrogens is 314 g/mol. The third kappa shape index (κ3) is 6.58. The van der Waals surface area contributed by atoms with Crippen LogP contribution < -0.4 is 0 Å². The Morgan fingerprint density at radius 2 is 1.92 bits per heavy atom. The molecule has 0 fully saturated rings. The van der Waals surface area contributed by atoms with Crippen molar-refractivity contribution in [3.8, 4) is 0 Å². The van der Waals surface area contributed by atoms with Gasteiger partial charge >= 0.3 is 0 Å². The Hall–Kier alpha value is -1.45. The van der Waals surface area contributed by atoms with Crippen molar-refractivity contribution < 1.29 is 4.79 Å². The van der Waals surface area contributed by atoms with Crippen molar-refractivity contribution in [3.63, 3.8) is 0 Å². The number of allylic oxidation sites excluding steroid dienone is 4. The highest BCUT2D eigenvalue weighted by molar-refractivity contribution is 7.10. The highest BCUT2D eigenvalue weighted by Crippen LogP contribution is 2.26. The summed E-state index contributed by atoms with van der Waals surface area (Å²) in [5.74, 6) is 0. The molecule has 0 unspecified atom stereocenters. The zero-order chi connectivity index (χ0) is 18.4. The largest absolute Gasteiger partial charge is 0.301 e. The first-order valence-corrected chi connectivity index (χ1v) is 9.88. The summed E-state index contributed by atoms with van der Waals surface area (Å²) in [6.07, 6.45) is 12.1. The Kier molecular flexibility index (Phi) is 13.1. The smallest absolute Gasteiger partial charge is 0.141 e. The summed E-state index contributed by atoms with van der Waals surface area (Å²) in [4.78, 5) is 15.3. The maximum Gasteiger partial charge on any atom is 0.141 e. The van der Waals surface area contributed by atoms with E-state index in [4.69, 9.17) is 0 Å². The van der Waals surface area contributed by atoms with E-state index in [1.54, 1.807) is 0 Å². The van der Waals surface area contributed by atoms with Crippen LogP contribution in [0.2, 0.25) is 0 Å². The third-order valence-electron chi connectivity index (χ3n) is 3.54. The first kappa shape index (κ1) is 22.6. The minimum atomic E-state index is -0.157. The molecule has 2 nitrogen and oxygen atoms in total. The Labute approximate surface area is 152 Å². The molecule has 1 aliphatic heterocycles. The van der Waals surface area contributed by atoms with Gasteiger partial charge in [-0.25, -0.2) is 0 Å². The van der Waals surface area contributed by atoms with Crippen molar-refractivity contribution in [1.82, 2.24) is 4.90 Å². The molecule has 1 aromatic rings. The summed E-state index contributed by atoms with van der Waals surface area (Å²) in [7, 11) is 0. The highest BCUT2D eigenvalue weighted by atomic mass is 32.1. The molecule has 0 N–H and O–H groups in total. The van der Waals surface area contributed by atoms with Crippen molar-refractivity contribution in [1.29, 1.82) is 0 Å². The van der Waals surface area contributed by atoms with Gasteiger partial charge in [-0.05, 0) is 42.9 Å². The van der Waals surface area contributed by atoms with Crippen LogP contribution in [0.25, 0.3) is 0 Å². The van der Waals surface area contributed by atoms with Gasteiger partial charge in [-0.2, -0.15) is 0 Å². The number of carbonyl (C=O) groups excluding carboxylic acids is 1. The second kappa shape index (κ2) is 13.9. The molecule has 1 atom stereocenters. The lowest BCUT2D eigenvalue weighted by Gasteiger charge is -2.32. The van der Waals surface area contributed by atoms with Crippen LogP contribution in [0, 0.1) is 0 Å². The van der Waals surface area contributed by atoms with Crippen molar-refractivity contribution >= 4 is 17.6 Å². The molecule has 24 heavy (non-hydrogen) atoms. The summed E-state index contributed by atoms with van der Waals surface area (Å²) in [6, 6.07) is 2.02. The number of fused-ring (bicyclic) bond motifs is 1. The van der Waals surface area contributed by atoms with E-state index in [1.165, 1.54) is 10.4 Å². The van der Waals surface area contributed by atoms with E-state index in [-0.39, 0.29) is 6.04 Å². The maximum absolute atomic E-state index is 11.6. The van der Waals surface area contributed by atoms with Crippen LogP contribution in [0.5, 0.6) is 0 Å². The second-order valence-corrected chi connectivity index (χ2v) is 5.86. The van der Waals surface area contributed by atoms with Gasteiger partial charge in [0.15, 0.2) is 0 Å². The summed E-state index contributed by atoms with van der Waals surface area (Å²) in [5, 5.41) is 2.15. The fraction of sp³-hybridized carbons (Fsp3) is 0.476. The molecular formula is C21H33NOS. The second-order valence-electron chi connectivity index (χ2n) is 4.86. The van der Waals surface area contributed by atoms with Gasteiger partial charge in [0.1, 0.15) is 6.29 Å². The predicted octanol–water partition coefficient (Wildman–Crippen LogP) is 5.80. The van der Waals surface area contributed by atoms with Crippen LogP contribution in [0.1, 0.15) is 52.0 Å². The van der Waals surface area contributed by atoms with Crippen molar-refractivity contribution in [2.45, 2.75) is 60.5 Å². The molecule has 0 bridgehead atoms. The van der Waals surface area contributed by atoms with Crippen LogP contribution in [-0.4, -0.2) is 23.8 Å². The number of thiophene rings is 1. The molecule has 1 aliphatic rings. The van der Waals surface area contributed by atoms with Crippen LogP contribution in [0.15, 0.2) is 47.4 Å². The van der Waals surface area contributed by atoms with Gasteiger partial charge in [0.2, 0.25) is 0 Å². The summed E-state index contributed by atoms with van der Waals surface area (Å²) < 4.78 is 0. The lowest BCUT2D eigenvalue weighted by molar-refractivity contribution is -0.111. The number of hydrogen-bond acceptors (Lipinski definition) is 3. The van der Waals surface area contributed by atoms with Crippen molar-refractivity contribution in [2.75, 3.05) is 6.54 Å². The average molecular weight is 348 g/mol. The van der Waals surface area contributed by atoms with Gasteiger partial charge in [0.25, 0.3) is 0 Å².